The number of carbonyl (C=O) groups is 2. The van der Waals surface area contributed by atoms with E-state index in [2.05, 4.69) is 35.1 Å². The lowest BCUT2D eigenvalue weighted by molar-refractivity contribution is -0.142. The number of carbonyl (C=O) groups excluding carboxylic acids is 2. The first-order valence-corrected chi connectivity index (χ1v) is 10.7. The zero-order chi connectivity index (χ0) is 21.4. The molecule has 0 spiro atoms. The molecule has 0 aromatic heterocycles. The Morgan fingerprint density at radius 1 is 1.03 bits per heavy atom. The van der Waals surface area contributed by atoms with Crippen LogP contribution in [0.2, 0.25) is 0 Å². The number of ether oxygens (including phenoxy) is 1. The maximum Gasteiger partial charge on any atom is 0.261 e. The van der Waals surface area contributed by atoms with Crippen LogP contribution in [0.3, 0.4) is 0 Å². The van der Waals surface area contributed by atoms with E-state index in [4.69, 9.17) is 4.74 Å². The van der Waals surface area contributed by atoms with Gasteiger partial charge in [-0.3, -0.25) is 9.59 Å². The molecule has 1 N–H and O–H groups in total. The number of rotatable bonds is 9. The van der Waals surface area contributed by atoms with Crippen LogP contribution in [0.4, 0.5) is 0 Å². The van der Waals surface area contributed by atoms with Gasteiger partial charge >= 0.3 is 0 Å². The average molecular weight is 461 g/mol. The van der Waals surface area contributed by atoms with Gasteiger partial charge in [0, 0.05) is 17.6 Å². The maximum absolute atomic E-state index is 12.9. The molecule has 0 aliphatic carbocycles. The summed E-state index contributed by atoms with van der Waals surface area (Å²) in [6.45, 7) is 8.57. The van der Waals surface area contributed by atoms with E-state index in [-0.39, 0.29) is 18.4 Å². The van der Waals surface area contributed by atoms with Crippen LogP contribution in [-0.2, 0) is 16.1 Å². The molecule has 2 amide bonds. The average Bonchev–Trinajstić information content (AvgIpc) is 2.71. The number of amides is 2. The molecule has 29 heavy (non-hydrogen) atoms. The van der Waals surface area contributed by atoms with E-state index in [9.17, 15) is 9.59 Å². The van der Waals surface area contributed by atoms with Crippen LogP contribution in [-0.4, -0.2) is 35.9 Å². The predicted molar refractivity (Wildman–Crippen MR) is 119 cm³/mol. The Bertz CT molecular complexity index is 804. The number of nitrogens with one attached hydrogen (secondary N) is 1. The topological polar surface area (TPSA) is 58.6 Å². The monoisotopic (exact) mass is 460 g/mol. The van der Waals surface area contributed by atoms with Gasteiger partial charge < -0.3 is 15.0 Å². The van der Waals surface area contributed by atoms with E-state index in [1.54, 1.807) is 11.8 Å². The largest absolute Gasteiger partial charge is 0.484 e. The van der Waals surface area contributed by atoms with Crippen molar-refractivity contribution in [2.45, 2.75) is 46.2 Å². The van der Waals surface area contributed by atoms with Gasteiger partial charge in [-0.15, -0.1) is 0 Å². The first-order chi connectivity index (χ1) is 13.8. The number of benzene rings is 2. The minimum atomic E-state index is -0.599. The first kappa shape index (κ1) is 22.9. The number of likely N-dealkylation sites (N-methyl/N-ethyl adjacent to an activating group) is 1. The van der Waals surface area contributed by atoms with Gasteiger partial charge in [0.25, 0.3) is 5.91 Å². The minimum absolute atomic E-state index is 0.124. The van der Waals surface area contributed by atoms with Crippen molar-refractivity contribution in [3.8, 4) is 5.75 Å². The van der Waals surface area contributed by atoms with Crippen molar-refractivity contribution in [3.63, 3.8) is 0 Å². The van der Waals surface area contributed by atoms with E-state index in [1.807, 2.05) is 55.5 Å². The normalized spacial score (nSPS) is 11.8. The van der Waals surface area contributed by atoms with E-state index in [0.29, 0.717) is 24.8 Å². The molecule has 0 saturated carbocycles. The number of nitrogens with zero attached hydrogens (tertiary/aromatic N) is 1. The van der Waals surface area contributed by atoms with Gasteiger partial charge in [-0.2, -0.15) is 0 Å². The number of hydrogen-bond acceptors (Lipinski definition) is 3. The molecule has 0 aliphatic heterocycles. The molecule has 1 atom stereocenters. The second-order valence-corrected chi connectivity index (χ2v) is 8.15. The summed E-state index contributed by atoms with van der Waals surface area (Å²) in [7, 11) is 0. The third-order valence-electron chi connectivity index (χ3n) is 4.69. The quantitative estimate of drug-likeness (QED) is 0.598. The smallest absolute Gasteiger partial charge is 0.261 e. The van der Waals surface area contributed by atoms with Crippen molar-refractivity contribution in [2.24, 2.45) is 0 Å². The predicted octanol–water partition coefficient (Wildman–Crippen LogP) is 4.50. The Morgan fingerprint density at radius 3 is 2.21 bits per heavy atom. The van der Waals surface area contributed by atoms with Gasteiger partial charge in [-0.1, -0.05) is 54.0 Å². The molecule has 0 radical (unpaired) electrons. The standard InChI is InChI=1S/C23H29BrN2O3/c1-5-25-23(28)17(4)26(14-18-6-10-20(24)11-7-18)22(27)15-29-21-12-8-19(9-13-21)16(2)3/h6-13,16-17H,5,14-15H2,1-4H3,(H,25,28)/t17-/m0/s1. The van der Waals surface area contributed by atoms with Crippen molar-refractivity contribution in [1.82, 2.24) is 10.2 Å². The second kappa shape index (κ2) is 11.0. The van der Waals surface area contributed by atoms with Crippen molar-refractivity contribution in [3.05, 3.63) is 64.1 Å². The molecule has 0 saturated heterocycles. The molecule has 156 valence electrons. The lowest BCUT2D eigenvalue weighted by Gasteiger charge is -2.28. The molecule has 6 heteroatoms. The Hall–Kier alpha value is -2.34. The molecule has 0 aliphatic rings. The molecule has 2 aromatic rings. The van der Waals surface area contributed by atoms with Gasteiger partial charge in [0.1, 0.15) is 11.8 Å². The van der Waals surface area contributed by atoms with Crippen LogP contribution in [0.25, 0.3) is 0 Å². The molecule has 5 nitrogen and oxygen atoms in total. The Morgan fingerprint density at radius 2 is 1.66 bits per heavy atom. The van der Waals surface area contributed by atoms with Crippen LogP contribution >= 0.6 is 15.9 Å². The molecule has 0 fully saturated rings. The highest BCUT2D eigenvalue weighted by Gasteiger charge is 2.26. The van der Waals surface area contributed by atoms with E-state index in [1.165, 1.54) is 5.56 Å². The SMILES string of the molecule is CCNC(=O)[C@H](C)N(Cc1ccc(Br)cc1)C(=O)COc1ccc(C(C)C)cc1. The number of halogens is 1. The summed E-state index contributed by atoms with van der Waals surface area (Å²) in [5.41, 5.74) is 2.16. The van der Waals surface area contributed by atoms with Crippen molar-refractivity contribution in [1.29, 1.82) is 0 Å². The van der Waals surface area contributed by atoms with Crippen molar-refractivity contribution in [2.75, 3.05) is 13.2 Å². The zero-order valence-corrected chi connectivity index (χ0v) is 19.0. The fraction of sp³-hybridized carbons (Fsp3) is 0.391. The fourth-order valence-corrected chi connectivity index (χ4v) is 3.13. The van der Waals surface area contributed by atoms with Crippen LogP contribution < -0.4 is 10.1 Å². The summed E-state index contributed by atoms with van der Waals surface area (Å²) in [5, 5.41) is 2.78. The van der Waals surface area contributed by atoms with E-state index < -0.39 is 6.04 Å². The van der Waals surface area contributed by atoms with Gasteiger partial charge in [-0.05, 0) is 55.2 Å². The summed E-state index contributed by atoms with van der Waals surface area (Å²) in [6.07, 6.45) is 0. The van der Waals surface area contributed by atoms with Gasteiger partial charge in [0.15, 0.2) is 6.61 Å². The molecule has 2 aromatic carbocycles. The van der Waals surface area contributed by atoms with Crippen molar-refractivity contribution < 1.29 is 14.3 Å². The highest BCUT2D eigenvalue weighted by molar-refractivity contribution is 9.10. The molecular weight excluding hydrogens is 432 g/mol. The first-order valence-electron chi connectivity index (χ1n) is 9.86. The highest BCUT2D eigenvalue weighted by atomic mass is 79.9. The van der Waals surface area contributed by atoms with Gasteiger partial charge in [0.2, 0.25) is 5.91 Å². The Balaban J connectivity index is 2.10. The minimum Gasteiger partial charge on any atom is -0.484 e. The molecule has 0 bridgehead atoms. The van der Waals surface area contributed by atoms with Gasteiger partial charge in [0.05, 0.1) is 0 Å². The Labute approximate surface area is 181 Å². The van der Waals surface area contributed by atoms with E-state index in [0.717, 1.165) is 10.0 Å². The molecule has 0 heterocycles. The summed E-state index contributed by atoms with van der Waals surface area (Å²) in [5.74, 6) is 0.654. The third-order valence-corrected chi connectivity index (χ3v) is 5.22. The third kappa shape index (κ3) is 6.89. The van der Waals surface area contributed by atoms with Crippen LogP contribution in [0.5, 0.6) is 5.75 Å². The highest BCUT2D eigenvalue weighted by Crippen LogP contribution is 2.19. The van der Waals surface area contributed by atoms with Crippen LogP contribution in [0, 0.1) is 0 Å². The summed E-state index contributed by atoms with van der Waals surface area (Å²) >= 11 is 3.41. The number of hydrogen-bond donors (Lipinski definition) is 1. The second-order valence-electron chi connectivity index (χ2n) is 7.23. The van der Waals surface area contributed by atoms with Crippen LogP contribution in [0.1, 0.15) is 44.7 Å². The van der Waals surface area contributed by atoms with Crippen molar-refractivity contribution >= 4 is 27.7 Å². The lowest BCUT2D eigenvalue weighted by atomic mass is 10.0. The summed E-state index contributed by atoms with van der Waals surface area (Å²) in [4.78, 5) is 26.8. The fourth-order valence-electron chi connectivity index (χ4n) is 2.87. The van der Waals surface area contributed by atoms with Gasteiger partial charge in [-0.25, -0.2) is 0 Å². The molecular formula is C23H29BrN2O3. The summed E-state index contributed by atoms with van der Waals surface area (Å²) < 4.78 is 6.66. The molecule has 2 rings (SSSR count). The zero-order valence-electron chi connectivity index (χ0n) is 17.4. The van der Waals surface area contributed by atoms with E-state index >= 15 is 0 Å². The maximum atomic E-state index is 12.9. The molecule has 0 unspecified atom stereocenters. The lowest BCUT2D eigenvalue weighted by Crippen LogP contribution is -2.49. The summed E-state index contributed by atoms with van der Waals surface area (Å²) in [6, 6.07) is 14.8. The Kier molecular flexibility index (Phi) is 8.70. The van der Waals surface area contributed by atoms with Crippen LogP contribution in [0.15, 0.2) is 53.0 Å².